The van der Waals surface area contributed by atoms with Crippen LogP contribution in [0, 0.1) is 5.92 Å². The standard InChI is InChI=1S/C25H26N6O3/c32-23(16-1-2-16)29-25-27-21-6-4-18(14-22(21)28-25)17-3-5-20-19(13-17)24(33)31(15-26-20)8-7-30-9-11-34-12-10-30/h3-6,13-16H,1-2,7-12H2,(H2,27,28,29,32). The average Bonchev–Trinajstić information content (AvgIpc) is 3.64. The molecule has 2 aromatic heterocycles. The number of carbonyl (C=O) groups excluding carboxylic acids is 1. The Morgan fingerprint density at radius 2 is 1.82 bits per heavy atom. The predicted molar refractivity (Wildman–Crippen MR) is 130 cm³/mol. The van der Waals surface area contributed by atoms with Crippen LogP contribution in [0.1, 0.15) is 12.8 Å². The van der Waals surface area contributed by atoms with E-state index in [4.69, 9.17) is 4.74 Å². The second-order valence-electron chi connectivity index (χ2n) is 9.01. The number of aromatic nitrogens is 4. The summed E-state index contributed by atoms with van der Waals surface area (Å²) in [5.74, 6) is 0.606. The van der Waals surface area contributed by atoms with Gasteiger partial charge in [0, 0.05) is 32.1 Å². The molecule has 0 radical (unpaired) electrons. The Kier molecular flexibility index (Phi) is 5.35. The maximum absolute atomic E-state index is 13.2. The molecule has 1 saturated carbocycles. The number of nitrogens with one attached hydrogen (secondary N) is 2. The fourth-order valence-corrected chi connectivity index (χ4v) is 4.38. The second kappa shape index (κ2) is 8.66. The lowest BCUT2D eigenvalue weighted by molar-refractivity contribution is -0.117. The van der Waals surface area contributed by atoms with Crippen molar-refractivity contribution in [2.75, 3.05) is 38.2 Å². The number of imidazole rings is 1. The first kappa shape index (κ1) is 21.0. The highest BCUT2D eigenvalue weighted by Crippen LogP contribution is 2.30. The zero-order valence-corrected chi connectivity index (χ0v) is 18.8. The normalized spacial score (nSPS) is 16.8. The molecule has 1 saturated heterocycles. The van der Waals surface area contributed by atoms with Gasteiger partial charge in [0.05, 0.1) is 41.5 Å². The van der Waals surface area contributed by atoms with Crippen LogP contribution in [-0.4, -0.2) is 63.2 Å². The molecular formula is C25H26N6O3. The van der Waals surface area contributed by atoms with Gasteiger partial charge >= 0.3 is 0 Å². The number of rotatable bonds is 6. The highest BCUT2D eigenvalue weighted by atomic mass is 16.5. The number of fused-ring (bicyclic) bond motifs is 2. The van der Waals surface area contributed by atoms with E-state index in [1.165, 1.54) is 0 Å². The van der Waals surface area contributed by atoms with E-state index in [9.17, 15) is 9.59 Å². The minimum absolute atomic E-state index is 0.0196. The van der Waals surface area contributed by atoms with Crippen LogP contribution >= 0.6 is 0 Å². The van der Waals surface area contributed by atoms with Gasteiger partial charge in [0.1, 0.15) is 0 Å². The van der Waals surface area contributed by atoms with Crippen LogP contribution in [0.5, 0.6) is 0 Å². The van der Waals surface area contributed by atoms with E-state index in [0.29, 0.717) is 23.4 Å². The molecule has 9 heteroatoms. The molecule has 2 aromatic carbocycles. The molecule has 174 valence electrons. The third-order valence-corrected chi connectivity index (χ3v) is 6.59. The highest BCUT2D eigenvalue weighted by Gasteiger charge is 2.30. The van der Waals surface area contributed by atoms with E-state index in [1.807, 2.05) is 36.4 Å². The van der Waals surface area contributed by atoms with Gasteiger partial charge in [0.15, 0.2) is 0 Å². The van der Waals surface area contributed by atoms with E-state index in [0.717, 1.165) is 67.8 Å². The van der Waals surface area contributed by atoms with Crippen LogP contribution in [0.3, 0.4) is 0 Å². The molecule has 1 aliphatic heterocycles. The summed E-state index contributed by atoms with van der Waals surface area (Å²) in [6.45, 7) is 4.66. The molecule has 1 amide bonds. The zero-order chi connectivity index (χ0) is 23.1. The van der Waals surface area contributed by atoms with Crippen LogP contribution in [0.15, 0.2) is 47.5 Å². The number of ether oxygens (including phenoxy) is 1. The summed E-state index contributed by atoms with van der Waals surface area (Å²) in [4.78, 5) is 39.7. The van der Waals surface area contributed by atoms with Crippen molar-refractivity contribution in [2.24, 2.45) is 5.92 Å². The molecular weight excluding hydrogens is 432 g/mol. The van der Waals surface area contributed by atoms with Crippen molar-refractivity contribution in [3.8, 4) is 11.1 Å². The van der Waals surface area contributed by atoms with E-state index in [-0.39, 0.29) is 17.4 Å². The van der Waals surface area contributed by atoms with Crippen LogP contribution < -0.4 is 10.9 Å². The molecule has 9 nitrogen and oxygen atoms in total. The van der Waals surface area contributed by atoms with E-state index in [1.54, 1.807) is 10.9 Å². The van der Waals surface area contributed by atoms with Gasteiger partial charge in [0.2, 0.25) is 11.9 Å². The molecule has 34 heavy (non-hydrogen) atoms. The predicted octanol–water partition coefficient (Wildman–Crippen LogP) is 2.62. The van der Waals surface area contributed by atoms with Crippen LogP contribution in [0.25, 0.3) is 33.1 Å². The van der Waals surface area contributed by atoms with E-state index >= 15 is 0 Å². The van der Waals surface area contributed by atoms with Crippen molar-refractivity contribution in [1.29, 1.82) is 0 Å². The summed E-state index contributed by atoms with van der Waals surface area (Å²) in [6, 6.07) is 11.6. The number of hydrogen-bond acceptors (Lipinski definition) is 6. The van der Waals surface area contributed by atoms with Crippen molar-refractivity contribution in [1.82, 2.24) is 24.4 Å². The van der Waals surface area contributed by atoms with Gasteiger partial charge in [-0.05, 0) is 48.2 Å². The number of benzene rings is 2. The van der Waals surface area contributed by atoms with Crippen LogP contribution in [0.2, 0.25) is 0 Å². The molecule has 1 aliphatic carbocycles. The van der Waals surface area contributed by atoms with Crippen molar-refractivity contribution in [2.45, 2.75) is 19.4 Å². The van der Waals surface area contributed by atoms with Crippen molar-refractivity contribution >= 4 is 33.8 Å². The molecule has 0 unspecified atom stereocenters. The van der Waals surface area contributed by atoms with Crippen molar-refractivity contribution < 1.29 is 9.53 Å². The summed E-state index contributed by atoms with van der Waals surface area (Å²) in [5, 5.41) is 3.46. The number of hydrogen-bond donors (Lipinski definition) is 2. The van der Waals surface area contributed by atoms with E-state index < -0.39 is 0 Å². The number of aromatic amines is 1. The molecule has 3 heterocycles. The van der Waals surface area contributed by atoms with Crippen LogP contribution in [-0.2, 0) is 16.1 Å². The number of nitrogens with zero attached hydrogens (tertiary/aromatic N) is 4. The fraction of sp³-hybridized carbons (Fsp3) is 0.360. The third kappa shape index (κ3) is 4.20. The Hall–Kier alpha value is -3.56. The molecule has 2 fully saturated rings. The highest BCUT2D eigenvalue weighted by molar-refractivity contribution is 5.94. The van der Waals surface area contributed by atoms with Gasteiger partial charge in [0.25, 0.3) is 5.56 Å². The van der Waals surface area contributed by atoms with Gasteiger partial charge < -0.3 is 9.72 Å². The first-order chi connectivity index (χ1) is 16.6. The Labute approximate surface area is 195 Å². The fourth-order valence-electron chi connectivity index (χ4n) is 4.38. The third-order valence-electron chi connectivity index (χ3n) is 6.59. The first-order valence-corrected chi connectivity index (χ1v) is 11.7. The summed E-state index contributed by atoms with van der Waals surface area (Å²) in [7, 11) is 0. The molecule has 2 aliphatic rings. The maximum atomic E-state index is 13.2. The monoisotopic (exact) mass is 458 g/mol. The quantitative estimate of drug-likeness (QED) is 0.460. The van der Waals surface area contributed by atoms with Crippen LogP contribution in [0.4, 0.5) is 5.95 Å². The van der Waals surface area contributed by atoms with Crippen molar-refractivity contribution in [3.63, 3.8) is 0 Å². The molecule has 0 bridgehead atoms. The summed E-state index contributed by atoms with van der Waals surface area (Å²) in [6.07, 6.45) is 3.53. The number of morpholine rings is 1. The number of anilines is 1. The van der Waals surface area contributed by atoms with Gasteiger partial charge in [-0.25, -0.2) is 9.97 Å². The summed E-state index contributed by atoms with van der Waals surface area (Å²) >= 11 is 0. The zero-order valence-electron chi connectivity index (χ0n) is 18.8. The Bertz CT molecular complexity index is 1430. The lowest BCUT2D eigenvalue weighted by Gasteiger charge is -2.26. The lowest BCUT2D eigenvalue weighted by Crippen LogP contribution is -2.39. The lowest BCUT2D eigenvalue weighted by atomic mass is 10.0. The topological polar surface area (TPSA) is 105 Å². The minimum Gasteiger partial charge on any atom is -0.379 e. The maximum Gasteiger partial charge on any atom is 0.261 e. The van der Waals surface area contributed by atoms with E-state index in [2.05, 4.69) is 25.2 Å². The Balaban J connectivity index is 1.27. The smallest absolute Gasteiger partial charge is 0.261 e. The van der Waals surface area contributed by atoms with Gasteiger partial charge in [-0.1, -0.05) is 12.1 Å². The average molecular weight is 459 g/mol. The Morgan fingerprint density at radius 1 is 1.06 bits per heavy atom. The largest absolute Gasteiger partial charge is 0.379 e. The molecule has 2 N–H and O–H groups in total. The van der Waals surface area contributed by atoms with Gasteiger partial charge in [-0.2, -0.15) is 0 Å². The molecule has 6 rings (SSSR count). The van der Waals surface area contributed by atoms with Crippen molar-refractivity contribution in [3.05, 3.63) is 53.1 Å². The molecule has 4 aromatic rings. The number of H-pyrrole nitrogens is 1. The number of amides is 1. The SMILES string of the molecule is O=C(Nc1nc2ccc(-c3ccc4ncn(CCN5CCOCC5)c(=O)c4c3)cc2[nH]1)C1CC1. The second-order valence-corrected chi connectivity index (χ2v) is 9.01. The molecule has 0 spiro atoms. The molecule has 0 atom stereocenters. The first-order valence-electron chi connectivity index (χ1n) is 11.7. The summed E-state index contributed by atoms with van der Waals surface area (Å²) in [5.41, 5.74) is 4.15. The van der Waals surface area contributed by atoms with Gasteiger partial charge in [-0.15, -0.1) is 0 Å². The summed E-state index contributed by atoms with van der Waals surface area (Å²) < 4.78 is 7.09. The van der Waals surface area contributed by atoms with Gasteiger partial charge in [-0.3, -0.25) is 24.4 Å². The number of carbonyl (C=O) groups is 1. The minimum atomic E-state index is -0.0344. The Morgan fingerprint density at radius 3 is 2.62 bits per heavy atom.